The van der Waals surface area contributed by atoms with Crippen molar-refractivity contribution in [1.82, 2.24) is 20.0 Å². The second kappa shape index (κ2) is 4.31. The zero-order chi connectivity index (χ0) is 14.3. The predicted octanol–water partition coefficient (Wildman–Crippen LogP) is 2.14. The third kappa shape index (κ3) is 1.68. The van der Waals surface area contributed by atoms with E-state index < -0.39 is 12.1 Å². The molecule has 0 atom stereocenters. The van der Waals surface area contributed by atoms with Crippen LogP contribution in [0, 0.1) is 11.3 Å². The first-order chi connectivity index (χ1) is 9.61. The van der Waals surface area contributed by atoms with E-state index in [9.17, 15) is 8.78 Å². The topological polar surface area (TPSA) is 96.3 Å². The van der Waals surface area contributed by atoms with Gasteiger partial charge in [0.05, 0.1) is 22.7 Å². The van der Waals surface area contributed by atoms with E-state index in [0.717, 1.165) is 0 Å². The Labute approximate surface area is 111 Å². The Morgan fingerprint density at radius 2 is 2.20 bits per heavy atom. The van der Waals surface area contributed by atoms with Gasteiger partial charge in [-0.15, -0.1) is 0 Å². The molecule has 0 aliphatic carbocycles. The summed E-state index contributed by atoms with van der Waals surface area (Å²) in [6.45, 7) is 0. The predicted molar refractivity (Wildman–Crippen MR) is 67.3 cm³/mol. The molecular formula is C12H8F2N6. The Bertz CT molecular complexity index is 826. The first-order valence-electron chi connectivity index (χ1n) is 5.63. The van der Waals surface area contributed by atoms with E-state index in [2.05, 4.69) is 15.3 Å². The highest BCUT2D eigenvalue weighted by Gasteiger charge is 2.23. The van der Waals surface area contributed by atoms with Crippen molar-refractivity contribution in [2.24, 2.45) is 0 Å². The molecular weight excluding hydrogens is 266 g/mol. The quantitative estimate of drug-likeness (QED) is 0.748. The van der Waals surface area contributed by atoms with Crippen molar-refractivity contribution < 1.29 is 8.78 Å². The maximum Gasteiger partial charge on any atom is 0.282 e. The summed E-state index contributed by atoms with van der Waals surface area (Å²) in [5, 5.41) is 19.2. The van der Waals surface area contributed by atoms with E-state index >= 15 is 0 Å². The van der Waals surface area contributed by atoms with E-state index in [0.29, 0.717) is 11.3 Å². The molecule has 0 amide bonds. The van der Waals surface area contributed by atoms with Crippen molar-refractivity contribution in [3.05, 3.63) is 35.5 Å². The molecule has 0 bridgehead atoms. The van der Waals surface area contributed by atoms with Crippen LogP contribution in [0.25, 0.3) is 16.7 Å². The number of nitrogens with two attached hydrogens (primary N) is 1. The highest BCUT2D eigenvalue weighted by atomic mass is 19.3. The van der Waals surface area contributed by atoms with Crippen molar-refractivity contribution in [1.29, 1.82) is 5.26 Å². The third-order valence-corrected chi connectivity index (χ3v) is 2.87. The van der Waals surface area contributed by atoms with Crippen LogP contribution in [0.15, 0.2) is 24.3 Å². The lowest BCUT2D eigenvalue weighted by Gasteiger charge is -2.01. The molecule has 8 heteroatoms. The summed E-state index contributed by atoms with van der Waals surface area (Å²) in [4.78, 5) is 0. The van der Waals surface area contributed by atoms with Gasteiger partial charge in [-0.3, -0.25) is 5.10 Å². The number of alkyl halides is 2. The Morgan fingerprint density at radius 1 is 1.40 bits per heavy atom. The first-order valence-corrected chi connectivity index (χ1v) is 5.63. The van der Waals surface area contributed by atoms with Gasteiger partial charge in [-0.05, 0) is 18.2 Å². The number of aromatic nitrogens is 4. The summed E-state index contributed by atoms with van der Waals surface area (Å²) in [5.41, 5.74) is 6.23. The fourth-order valence-corrected chi connectivity index (χ4v) is 2.00. The zero-order valence-corrected chi connectivity index (χ0v) is 10.0. The Morgan fingerprint density at radius 3 is 2.90 bits per heavy atom. The van der Waals surface area contributed by atoms with Gasteiger partial charge in [0, 0.05) is 0 Å². The van der Waals surface area contributed by atoms with Crippen molar-refractivity contribution >= 4 is 16.9 Å². The number of H-pyrrole nitrogens is 1. The average molecular weight is 274 g/mol. The molecule has 3 aromatic rings. The lowest BCUT2D eigenvalue weighted by atomic mass is 10.2. The summed E-state index contributed by atoms with van der Waals surface area (Å²) in [7, 11) is 0. The summed E-state index contributed by atoms with van der Waals surface area (Å²) in [6.07, 6.45) is -2.77. The van der Waals surface area contributed by atoms with Gasteiger partial charge in [0.15, 0.2) is 5.65 Å². The fourth-order valence-electron chi connectivity index (χ4n) is 2.00. The van der Waals surface area contributed by atoms with Crippen LogP contribution in [0.4, 0.5) is 14.6 Å². The van der Waals surface area contributed by atoms with Gasteiger partial charge in [0.2, 0.25) is 0 Å². The number of nitrogens with zero attached hydrogens (tertiary/aromatic N) is 4. The monoisotopic (exact) mass is 274 g/mol. The van der Waals surface area contributed by atoms with Gasteiger partial charge >= 0.3 is 0 Å². The number of rotatable bonds is 2. The number of nitrogen functional groups attached to an aromatic ring is 1. The molecule has 0 saturated heterocycles. The molecule has 100 valence electrons. The van der Waals surface area contributed by atoms with Crippen LogP contribution < -0.4 is 5.73 Å². The number of hydrogen-bond acceptors (Lipinski definition) is 4. The van der Waals surface area contributed by atoms with Crippen LogP contribution in [-0.2, 0) is 0 Å². The van der Waals surface area contributed by atoms with Gasteiger partial charge in [0.25, 0.3) is 6.43 Å². The van der Waals surface area contributed by atoms with E-state index in [1.165, 1.54) is 10.7 Å². The van der Waals surface area contributed by atoms with Gasteiger partial charge in [-0.1, -0.05) is 6.07 Å². The summed E-state index contributed by atoms with van der Waals surface area (Å²) >= 11 is 0. The Kier molecular flexibility index (Phi) is 2.61. The van der Waals surface area contributed by atoms with E-state index in [1.54, 1.807) is 18.2 Å². The number of benzene rings is 1. The van der Waals surface area contributed by atoms with E-state index in [1.807, 2.05) is 6.07 Å². The van der Waals surface area contributed by atoms with Gasteiger partial charge in [0.1, 0.15) is 11.5 Å². The summed E-state index contributed by atoms with van der Waals surface area (Å²) < 4.78 is 27.2. The highest BCUT2D eigenvalue weighted by Crippen LogP contribution is 2.31. The number of hydrogen-bond donors (Lipinski definition) is 2. The van der Waals surface area contributed by atoms with Crippen LogP contribution in [0.1, 0.15) is 17.7 Å². The molecule has 2 aromatic heterocycles. The maximum atomic E-state index is 13.0. The molecule has 0 saturated carbocycles. The molecule has 3 N–H and O–H groups in total. The van der Waals surface area contributed by atoms with E-state index in [4.69, 9.17) is 11.0 Å². The number of anilines is 1. The number of aromatic amines is 1. The van der Waals surface area contributed by atoms with Gasteiger partial charge in [-0.25, -0.2) is 13.5 Å². The lowest BCUT2D eigenvalue weighted by Crippen LogP contribution is -1.99. The Hall–Kier alpha value is -2.95. The molecule has 2 heterocycles. The summed E-state index contributed by atoms with van der Waals surface area (Å²) in [5.74, 6) is 0.0398. The molecule has 0 aliphatic heterocycles. The number of halogens is 2. The van der Waals surface area contributed by atoms with Crippen LogP contribution >= 0.6 is 0 Å². The standard InChI is InChI=1S/C12H8F2N6/c13-10(14)9-8-11(16)17-18-12(8)20(19-9)7-3-1-2-6(4-7)5-15/h1-4,10H,(H3,16,17,18). The third-order valence-electron chi connectivity index (χ3n) is 2.87. The van der Waals surface area contributed by atoms with Gasteiger partial charge < -0.3 is 5.73 Å². The molecule has 3 rings (SSSR count). The zero-order valence-electron chi connectivity index (χ0n) is 10.0. The van der Waals surface area contributed by atoms with Gasteiger partial charge in [-0.2, -0.15) is 15.5 Å². The minimum Gasteiger partial charge on any atom is -0.383 e. The molecule has 1 aromatic carbocycles. The largest absolute Gasteiger partial charge is 0.383 e. The minimum absolute atomic E-state index is 0.0398. The van der Waals surface area contributed by atoms with E-state index in [-0.39, 0.29) is 16.9 Å². The molecule has 0 aliphatic rings. The molecule has 0 unspecified atom stereocenters. The second-order valence-corrected chi connectivity index (χ2v) is 4.10. The number of nitrogens with one attached hydrogen (secondary N) is 1. The Balaban J connectivity index is 2.29. The lowest BCUT2D eigenvalue weighted by molar-refractivity contribution is 0.147. The SMILES string of the molecule is N#Cc1cccc(-n2nc(C(F)F)c3c(N)[nH]nc32)c1. The van der Waals surface area contributed by atoms with Crippen LogP contribution in [0.3, 0.4) is 0 Å². The molecule has 0 fully saturated rings. The maximum absolute atomic E-state index is 13.0. The molecule has 0 spiro atoms. The first kappa shape index (κ1) is 12.1. The van der Waals surface area contributed by atoms with Crippen LogP contribution in [0.5, 0.6) is 0 Å². The van der Waals surface area contributed by atoms with Crippen molar-refractivity contribution in [3.8, 4) is 11.8 Å². The minimum atomic E-state index is -2.77. The smallest absolute Gasteiger partial charge is 0.282 e. The van der Waals surface area contributed by atoms with Crippen molar-refractivity contribution in [2.45, 2.75) is 6.43 Å². The molecule has 0 radical (unpaired) electrons. The fraction of sp³-hybridized carbons (Fsp3) is 0.0833. The normalized spacial score (nSPS) is 11.1. The van der Waals surface area contributed by atoms with Crippen LogP contribution in [-0.4, -0.2) is 20.0 Å². The highest BCUT2D eigenvalue weighted by molar-refractivity contribution is 5.90. The number of nitriles is 1. The van der Waals surface area contributed by atoms with Crippen molar-refractivity contribution in [2.75, 3.05) is 5.73 Å². The second-order valence-electron chi connectivity index (χ2n) is 4.10. The van der Waals surface area contributed by atoms with Crippen LogP contribution in [0.2, 0.25) is 0 Å². The van der Waals surface area contributed by atoms with Crippen molar-refractivity contribution in [3.63, 3.8) is 0 Å². The number of fused-ring (bicyclic) bond motifs is 1. The molecule has 6 nitrogen and oxygen atoms in total. The average Bonchev–Trinajstić information content (AvgIpc) is 3.00. The molecule has 20 heavy (non-hydrogen) atoms. The summed E-state index contributed by atoms with van der Waals surface area (Å²) in [6, 6.07) is 8.40.